The molecule has 112 valence electrons. The molecule has 2 atom stereocenters. The molecule has 0 saturated heterocycles. The summed E-state index contributed by atoms with van der Waals surface area (Å²) in [7, 11) is 0. The second-order valence-electron chi connectivity index (χ2n) is 6.19. The number of carbonyl (C=O) groups is 1. The van der Waals surface area contributed by atoms with Crippen LogP contribution in [0.25, 0.3) is 0 Å². The summed E-state index contributed by atoms with van der Waals surface area (Å²) in [4.78, 5) is 22.6. The second-order valence-corrected chi connectivity index (χ2v) is 6.19. The minimum absolute atomic E-state index is 0.172. The maximum absolute atomic E-state index is 13.0. The van der Waals surface area contributed by atoms with Crippen molar-refractivity contribution >= 4 is 5.78 Å². The van der Waals surface area contributed by atoms with Crippen LogP contribution in [0.2, 0.25) is 0 Å². The molecular formula is C16H17FO4. The van der Waals surface area contributed by atoms with Crippen molar-refractivity contribution in [3.05, 3.63) is 47.3 Å². The van der Waals surface area contributed by atoms with Gasteiger partial charge in [-0.05, 0) is 43.5 Å². The molecule has 1 aromatic carbocycles. The fourth-order valence-electron chi connectivity index (χ4n) is 2.86. The molecule has 0 bridgehead atoms. The molecule has 1 N–H and O–H groups in total. The smallest absolute Gasteiger partial charge is 0.229 e. The van der Waals surface area contributed by atoms with Crippen LogP contribution in [0.4, 0.5) is 4.39 Å². The van der Waals surface area contributed by atoms with E-state index in [1.807, 2.05) is 0 Å². The Morgan fingerprint density at radius 1 is 1.24 bits per heavy atom. The highest BCUT2D eigenvalue weighted by molar-refractivity contribution is 5.98. The summed E-state index contributed by atoms with van der Waals surface area (Å²) in [5.74, 6) is -2.47. The minimum Gasteiger partial charge on any atom is -0.360 e. The van der Waals surface area contributed by atoms with Gasteiger partial charge in [-0.25, -0.2) is 9.28 Å². The number of halogens is 1. The predicted octanol–water partition coefficient (Wildman–Crippen LogP) is 2.63. The van der Waals surface area contributed by atoms with Gasteiger partial charge >= 0.3 is 0 Å². The highest BCUT2D eigenvalue weighted by Gasteiger charge is 2.50. The number of Topliss-reactive ketones (excluding diaryl/α,β-unsaturated/α-hetero) is 1. The number of rotatable bonds is 1. The maximum Gasteiger partial charge on any atom is 0.229 e. The van der Waals surface area contributed by atoms with Crippen LogP contribution in [0.15, 0.2) is 35.9 Å². The summed E-state index contributed by atoms with van der Waals surface area (Å²) >= 11 is 0. The Morgan fingerprint density at radius 2 is 1.90 bits per heavy atom. The van der Waals surface area contributed by atoms with E-state index >= 15 is 0 Å². The number of fused-ring (bicyclic) bond motifs is 1. The second kappa shape index (κ2) is 4.73. The van der Waals surface area contributed by atoms with Gasteiger partial charge in [-0.15, -0.1) is 0 Å². The van der Waals surface area contributed by atoms with E-state index in [4.69, 9.17) is 9.78 Å². The van der Waals surface area contributed by atoms with Gasteiger partial charge < -0.3 is 5.11 Å². The highest BCUT2D eigenvalue weighted by atomic mass is 19.1. The van der Waals surface area contributed by atoms with Crippen molar-refractivity contribution in [1.82, 2.24) is 0 Å². The van der Waals surface area contributed by atoms with E-state index in [1.165, 1.54) is 12.1 Å². The van der Waals surface area contributed by atoms with E-state index in [0.717, 1.165) is 5.56 Å². The number of benzene rings is 1. The molecule has 1 aromatic rings. The van der Waals surface area contributed by atoms with Crippen LogP contribution in [-0.2, 0) is 14.6 Å². The molecule has 0 aromatic heterocycles. The van der Waals surface area contributed by atoms with Crippen LogP contribution in [-0.4, -0.2) is 22.3 Å². The summed E-state index contributed by atoms with van der Waals surface area (Å²) in [5, 5.41) is 10.6. The lowest BCUT2D eigenvalue weighted by Crippen LogP contribution is -2.49. The molecule has 0 spiro atoms. The average Bonchev–Trinajstić information content (AvgIpc) is 2.41. The first-order valence-electron chi connectivity index (χ1n) is 6.90. The lowest BCUT2D eigenvalue weighted by molar-refractivity contribution is -0.446. The van der Waals surface area contributed by atoms with Gasteiger partial charge in [0, 0.05) is 12.8 Å². The molecule has 1 aliphatic heterocycles. The lowest BCUT2D eigenvalue weighted by atomic mass is 9.75. The summed E-state index contributed by atoms with van der Waals surface area (Å²) in [6.07, 6.45) is 2.07. The first-order valence-corrected chi connectivity index (χ1v) is 6.90. The largest absolute Gasteiger partial charge is 0.360 e. The van der Waals surface area contributed by atoms with Crippen molar-refractivity contribution in [3.8, 4) is 0 Å². The molecule has 2 unspecified atom stereocenters. The molecule has 1 heterocycles. The van der Waals surface area contributed by atoms with E-state index in [-0.39, 0.29) is 35.9 Å². The van der Waals surface area contributed by atoms with E-state index in [0.29, 0.717) is 0 Å². The van der Waals surface area contributed by atoms with Crippen LogP contribution in [0.1, 0.15) is 38.2 Å². The summed E-state index contributed by atoms with van der Waals surface area (Å²) in [5.41, 5.74) is 0.294. The molecule has 4 nitrogen and oxygen atoms in total. The number of ketones is 1. The van der Waals surface area contributed by atoms with Crippen LogP contribution in [0, 0.1) is 5.82 Å². The summed E-state index contributed by atoms with van der Waals surface area (Å²) in [6.45, 7) is 3.50. The Morgan fingerprint density at radius 3 is 2.57 bits per heavy atom. The van der Waals surface area contributed by atoms with Crippen molar-refractivity contribution in [2.24, 2.45) is 0 Å². The Kier molecular flexibility index (Phi) is 3.24. The normalized spacial score (nSPS) is 31.5. The monoisotopic (exact) mass is 292 g/mol. The predicted molar refractivity (Wildman–Crippen MR) is 72.7 cm³/mol. The molecule has 1 fully saturated rings. The zero-order valence-corrected chi connectivity index (χ0v) is 11.9. The average molecular weight is 292 g/mol. The van der Waals surface area contributed by atoms with Crippen molar-refractivity contribution in [2.75, 3.05) is 0 Å². The van der Waals surface area contributed by atoms with E-state index in [2.05, 4.69) is 0 Å². The zero-order valence-electron chi connectivity index (χ0n) is 11.9. The third-order valence-corrected chi connectivity index (χ3v) is 3.90. The molecule has 3 rings (SSSR count). The van der Waals surface area contributed by atoms with Gasteiger partial charge in [-0.3, -0.25) is 4.79 Å². The molecule has 21 heavy (non-hydrogen) atoms. The third-order valence-electron chi connectivity index (χ3n) is 3.90. The molecule has 1 aliphatic carbocycles. The first-order chi connectivity index (χ1) is 9.79. The van der Waals surface area contributed by atoms with E-state index in [9.17, 15) is 14.3 Å². The molecular weight excluding hydrogens is 275 g/mol. The molecule has 1 saturated carbocycles. The number of hydrogen-bond acceptors (Lipinski definition) is 4. The summed E-state index contributed by atoms with van der Waals surface area (Å²) in [6, 6.07) is 5.94. The van der Waals surface area contributed by atoms with Gasteiger partial charge in [-0.1, -0.05) is 12.1 Å². The number of aliphatic hydroxyl groups is 1. The molecule has 0 amide bonds. The van der Waals surface area contributed by atoms with Crippen LogP contribution in [0.5, 0.6) is 0 Å². The van der Waals surface area contributed by atoms with Gasteiger partial charge in [0.15, 0.2) is 5.78 Å². The van der Waals surface area contributed by atoms with E-state index in [1.54, 1.807) is 32.1 Å². The Balaban J connectivity index is 1.92. The number of carbonyl (C=O) groups excluding carboxylic acids is 1. The minimum atomic E-state index is -1.73. The maximum atomic E-state index is 13.0. The molecule has 0 radical (unpaired) electrons. The van der Waals surface area contributed by atoms with Crippen LogP contribution in [0.3, 0.4) is 0 Å². The first kappa shape index (κ1) is 14.4. The Hall–Kier alpha value is -1.56. The summed E-state index contributed by atoms with van der Waals surface area (Å²) < 4.78 is 13.0. The standard InChI is InChI=1S/C16H17FO4/c1-15(2)9-13-14(18)7-11(8-16(13,19)21-20-15)10-3-5-12(17)6-4-10/h3-6,9,11,19H,7-8H2,1-2H3. The van der Waals surface area contributed by atoms with Crippen molar-refractivity contribution < 1.29 is 24.1 Å². The van der Waals surface area contributed by atoms with Crippen LogP contribution < -0.4 is 0 Å². The number of hydrogen-bond donors (Lipinski definition) is 1. The van der Waals surface area contributed by atoms with Crippen molar-refractivity contribution in [3.63, 3.8) is 0 Å². The third kappa shape index (κ3) is 2.64. The van der Waals surface area contributed by atoms with Crippen LogP contribution >= 0.6 is 0 Å². The van der Waals surface area contributed by atoms with Crippen molar-refractivity contribution in [1.29, 1.82) is 0 Å². The quantitative estimate of drug-likeness (QED) is 0.808. The fraction of sp³-hybridized carbons (Fsp3) is 0.438. The Bertz CT molecular complexity index is 605. The van der Waals surface area contributed by atoms with Gasteiger partial charge in [-0.2, -0.15) is 4.89 Å². The SMILES string of the molecule is CC1(C)C=C2C(=O)CC(c3ccc(F)cc3)CC2(O)OO1. The highest BCUT2D eigenvalue weighted by Crippen LogP contribution is 2.44. The molecule has 5 heteroatoms. The topological polar surface area (TPSA) is 55.8 Å². The van der Waals surface area contributed by atoms with Gasteiger partial charge in [0.2, 0.25) is 5.79 Å². The lowest BCUT2D eigenvalue weighted by Gasteiger charge is -2.42. The van der Waals surface area contributed by atoms with Crippen molar-refractivity contribution in [2.45, 2.75) is 44.0 Å². The van der Waals surface area contributed by atoms with Gasteiger partial charge in [0.1, 0.15) is 11.4 Å². The fourth-order valence-corrected chi connectivity index (χ4v) is 2.86. The molecule has 2 aliphatic rings. The van der Waals surface area contributed by atoms with Gasteiger partial charge in [0.05, 0.1) is 5.57 Å². The Labute approximate surface area is 122 Å². The van der Waals surface area contributed by atoms with Gasteiger partial charge in [0.25, 0.3) is 0 Å². The zero-order chi connectivity index (χ0) is 15.3. The van der Waals surface area contributed by atoms with E-state index < -0.39 is 11.4 Å².